The minimum atomic E-state index is 0.643. The van der Waals surface area contributed by atoms with Crippen LogP contribution in [0.15, 0.2) is 30.6 Å². The Hall–Kier alpha value is -1.36. The summed E-state index contributed by atoms with van der Waals surface area (Å²) in [5.41, 5.74) is 3.47. The van der Waals surface area contributed by atoms with Crippen LogP contribution in [0.5, 0.6) is 0 Å². The summed E-state index contributed by atoms with van der Waals surface area (Å²) in [6.07, 6.45) is 3.45. The van der Waals surface area contributed by atoms with Crippen LogP contribution in [-0.2, 0) is 11.3 Å². The Bertz CT molecular complexity index is 539. The fraction of sp³-hybridized carbons (Fsp3) is 0.357. The maximum absolute atomic E-state index is 5.89. The molecule has 2 rings (SSSR count). The summed E-state index contributed by atoms with van der Waals surface area (Å²) in [7, 11) is 1.70. The first kappa shape index (κ1) is 14.1. The predicted octanol–water partition coefficient (Wildman–Crippen LogP) is 2.57. The molecular formula is C14H18ClN3O. The topological polar surface area (TPSA) is 39.1 Å². The molecule has 0 radical (unpaired) electrons. The Morgan fingerprint density at radius 1 is 1.42 bits per heavy atom. The van der Waals surface area contributed by atoms with Gasteiger partial charge in [0.25, 0.3) is 0 Å². The van der Waals surface area contributed by atoms with E-state index in [-0.39, 0.29) is 0 Å². The molecule has 0 amide bonds. The molecule has 0 saturated heterocycles. The van der Waals surface area contributed by atoms with E-state index >= 15 is 0 Å². The predicted molar refractivity (Wildman–Crippen MR) is 76.9 cm³/mol. The maximum Gasteiger partial charge on any atom is 0.0790 e. The van der Waals surface area contributed by atoms with Gasteiger partial charge < -0.3 is 10.1 Å². The zero-order valence-corrected chi connectivity index (χ0v) is 11.9. The molecule has 0 unspecified atom stereocenters. The molecular weight excluding hydrogens is 262 g/mol. The van der Waals surface area contributed by atoms with E-state index in [2.05, 4.69) is 35.5 Å². The fourth-order valence-electron chi connectivity index (χ4n) is 1.92. The lowest BCUT2D eigenvalue weighted by Gasteiger charge is -2.09. The second-order valence-electron chi connectivity index (χ2n) is 4.39. The quantitative estimate of drug-likeness (QED) is 0.826. The van der Waals surface area contributed by atoms with Gasteiger partial charge in [0.1, 0.15) is 0 Å². The molecule has 0 bridgehead atoms. The van der Waals surface area contributed by atoms with Crippen molar-refractivity contribution in [3.63, 3.8) is 0 Å². The molecule has 0 spiro atoms. The summed E-state index contributed by atoms with van der Waals surface area (Å²) in [6.45, 7) is 4.49. The first-order valence-corrected chi connectivity index (χ1v) is 6.58. The van der Waals surface area contributed by atoms with Gasteiger partial charge in [0.15, 0.2) is 0 Å². The molecule has 0 saturated carbocycles. The van der Waals surface area contributed by atoms with Gasteiger partial charge in [-0.1, -0.05) is 23.7 Å². The number of aryl methyl sites for hydroxylation is 1. The molecule has 0 atom stereocenters. The van der Waals surface area contributed by atoms with Gasteiger partial charge in [-0.15, -0.1) is 0 Å². The maximum atomic E-state index is 5.89. The van der Waals surface area contributed by atoms with Gasteiger partial charge in [-0.3, -0.25) is 0 Å². The van der Waals surface area contributed by atoms with Gasteiger partial charge in [-0.2, -0.15) is 5.10 Å². The number of aromatic nitrogens is 2. The van der Waals surface area contributed by atoms with Gasteiger partial charge in [0, 0.05) is 26.4 Å². The van der Waals surface area contributed by atoms with Crippen LogP contribution in [0.4, 0.5) is 0 Å². The standard InChI is InChI=1S/C14H18ClN3O/c1-11-7-12(8-16-5-6-19-2)3-4-14(11)18-10-13(15)9-17-18/h3-4,7,9-10,16H,5-6,8H2,1-2H3. The van der Waals surface area contributed by atoms with Crippen molar-refractivity contribution >= 4 is 11.6 Å². The first-order valence-electron chi connectivity index (χ1n) is 6.20. The summed E-state index contributed by atoms with van der Waals surface area (Å²) < 4.78 is 6.79. The Kier molecular flexibility index (Phi) is 4.96. The molecule has 102 valence electrons. The second-order valence-corrected chi connectivity index (χ2v) is 4.83. The Labute approximate surface area is 118 Å². The zero-order chi connectivity index (χ0) is 13.7. The molecule has 1 aromatic heterocycles. The van der Waals surface area contributed by atoms with Gasteiger partial charge in [0.05, 0.1) is 23.5 Å². The highest BCUT2D eigenvalue weighted by Gasteiger charge is 2.04. The molecule has 0 aliphatic heterocycles. The normalized spacial score (nSPS) is 10.9. The van der Waals surface area contributed by atoms with Crippen molar-refractivity contribution in [3.8, 4) is 5.69 Å². The van der Waals surface area contributed by atoms with E-state index in [4.69, 9.17) is 16.3 Å². The molecule has 2 aromatic rings. The molecule has 1 N–H and O–H groups in total. The van der Waals surface area contributed by atoms with Gasteiger partial charge in [-0.25, -0.2) is 4.68 Å². The fourth-order valence-corrected chi connectivity index (χ4v) is 2.06. The summed E-state index contributed by atoms with van der Waals surface area (Å²) in [4.78, 5) is 0. The highest BCUT2D eigenvalue weighted by Crippen LogP contribution is 2.17. The van der Waals surface area contributed by atoms with Crippen molar-refractivity contribution in [2.45, 2.75) is 13.5 Å². The third-order valence-corrected chi connectivity index (χ3v) is 3.07. The Morgan fingerprint density at radius 2 is 2.26 bits per heavy atom. The number of nitrogens with one attached hydrogen (secondary N) is 1. The lowest BCUT2D eigenvalue weighted by Crippen LogP contribution is -2.18. The molecule has 19 heavy (non-hydrogen) atoms. The van der Waals surface area contributed by atoms with Crippen LogP contribution in [0.3, 0.4) is 0 Å². The van der Waals surface area contributed by atoms with Crippen LogP contribution in [0.1, 0.15) is 11.1 Å². The zero-order valence-electron chi connectivity index (χ0n) is 11.2. The van der Waals surface area contributed by atoms with Gasteiger partial charge >= 0.3 is 0 Å². The lowest BCUT2D eigenvalue weighted by molar-refractivity contribution is 0.199. The van der Waals surface area contributed by atoms with E-state index in [1.807, 2.05) is 0 Å². The number of nitrogens with zero attached hydrogens (tertiary/aromatic N) is 2. The van der Waals surface area contributed by atoms with Crippen molar-refractivity contribution in [2.24, 2.45) is 0 Å². The number of halogens is 1. The average Bonchev–Trinajstić information content (AvgIpc) is 2.81. The number of hydrogen-bond donors (Lipinski definition) is 1. The summed E-state index contributed by atoms with van der Waals surface area (Å²) >= 11 is 5.89. The number of ether oxygens (including phenoxy) is 1. The molecule has 4 nitrogen and oxygen atoms in total. The number of methoxy groups -OCH3 is 1. The summed E-state index contributed by atoms with van der Waals surface area (Å²) in [6, 6.07) is 6.31. The number of hydrogen-bond acceptors (Lipinski definition) is 3. The summed E-state index contributed by atoms with van der Waals surface area (Å²) in [5.74, 6) is 0. The van der Waals surface area contributed by atoms with Crippen LogP contribution >= 0.6 is 11.6 Å². The monoisotopic (exact) mass is 279 g/mol. The van der Waals surface area contributed by atoms with E-state index in [0.29, 0.717) is 5.02 Å². The third kappa shape index (κ3) is 3.80. The Morgan fingerprint density at radius 3 is 2.89 bits per heavy atom. The van der Waals surface area contributed by atoms with E-state index < -0.39 is 0 Å². The minimum Gasteiger partial charge on any atom is -0.383 e. The first-order chi connectivity index (χ1) is 9.20. The third-order valence-electron chi connectivity index (χ3n) is 2.87. The van der Waals surface area contributed by atoms with Crippen molar-refractivity contribution in [3.05, 3.63) is 46.7 Å². The number of benzene rings is 1. The highest BCUT2D eigenvalue weighted by atomic mass is 35.5. The van der Waals surface area contributed by atoms with Crippen LogP contribution in [0, 0.1) is 6.92 Å². The SMILES string of the molecule is COCCNCc1ccc(-n2cc(Cl)cn2)c(C)c1. The van der Waals surface area contributed by atoms with Crippen molar-refractivity contribution in [2.75, 3.05) is 20.3 Å². The van der Waals surface area contributed by atoms with Gasteiger partial charge in [0.2, 0.25) is 0 Å². The minimum absolute atomic E-state index is 0.643. The molecule has 1 aromatic carbocycles. The van der Waals surface area contributed by atoms with Crippen molar-refractivity contribution < 1.29 is 4.74 Å². The highest BCUT2D eigenvalue weighted by molar-refractivity contribution is 6.30. The van der Waals surface area contributed by atoms with Gasteiger partial charge in [-0.05, 0) is 24.1 Å². The number of rotatable bonds is 6. The van der Waals surface area contributed by atoms with E-state index in [9.17, 15) is 0 Å². The van der Waals surface area contributed by atoms with Crippen LogP contribution in [-0.4, -0.2) is 30.0 Å². The largest absolute Gasteiger partial charge is 0.383 e. The van der Waals surface area contributed by atoms with Crippen LogP contribution in [0.25, 0.3) is 5.69 Å². The van der Waals surface area contributed by atoms with Crippen molar-refractivity contribution in [1.82, 2.24) is 15.1 Å². The lowest BCUT2D eigenvalue weighted by atomic mass is 10.1. The molecule has 0 aliphatic rings. The van der Waals surface area contributed by atoms with E-state index in [1.165, 1.54) is 11.1 Å². The summed E-state index contributed by atoms with van der Waals surface area (Å²) in [5, 5.41) is 8.18. The second kappa shape index (κ2) is 6.70. The molecule has 0 fully saturated rings. The smallest absolute Gasteiger partial charge is 0.0790 e. The van der Waals surface area contributed by atoms with Crippen molar-refractivity contribution in [1.29, 1.82) is 0 Å². The van der Waals surface area contributed by atoms with E-state index in [0.717, 1.165) is 25.4 Å². The Balaban J connectivity index is 2.05. The van der Waals surface area contributed by atoms with Crippen LogP contribution < -0.4 is 5.32 Å². The molecule has 1 heterocycles. The van der Waals surface area contributed by atoms with Crippen LogP contribution in [0.2, 0.25) is 5.02 Å². The molecule has 5 heteroatoms. The average molecular weight is 280 g/mol. The van der Waals surface area contributed by atoms with E-state index in [1.54, 1.807) is 24.2 Å². The molecule has 0 aliphatic carbocycles.